The molecule has 1 saturated carbocycles. The van der Waals surface area contributed by atoms with Crippen LogP contribution in [0.5, 0.6) is 0 Å². The third kappa shape index (κ3) is 3.08. The van der Waals surface area contributed by atoms with Crippen LogP contribution in [-0.2, 0) is 0 Å². The van der Waals surface area contributed by atoms with E-state index in [0.717, 1.165) is 24.2 Å². The Bertz CT molecular complexity index is 526. The molecule has 2 aromatic heterocycles. The van der Waals surface area contributed by atoms with E-state index in [-0.39, 0.29) is 0 Å². The summed E-state index contributed by atoms with van der Waals surface area (Å²) >= 11 is 1.78. The summed E-state index contributed by atoms with van der Waals surface area (Å²) in [7, 11) is 0. The van der Waals surface area contributed by atoms with Crippen LogP contribution >= 0.6 is 11.3 Å². The van der Waals surface area contributed by atoms with Gasteiger partial charge in [0.05, 0.1) is 0 Å². The van der Waals surface area contributed by atoms with Crippen molar-refractivity contribution in [1.29, 1.82) is 0 Å². The van der Waals surface area contributed by atoms with Gasteiger partial charge in [0.2, 0.25) is 0 Å². The highest BCUT2D eigenvalue weighted by atomic mass is 32.1. The first-order valence-corrected chi connectivity index (χ1v) is 8.27. The van der Waals surface area contributed by atoms with Gasteiger partial charge in [0.1, 0.15) is 5.82 Å². The fourth-order valence-corrected chi connectivity index (χ4v) is 3.83. The molecule has 1 N–H and O–H groups in total. The molecule has 0 radical (unpaired) electrons. The molecule has 2 nitrogen and oxygen atoms in total. The number of thiophene rings is 1. The summed E-state index contributed by atoms with van der Waals surface area (Å²) < 4.78 is 1.32. The van der Waals surface area contributed by atoms with Crippen LogP contribution in [0.25, 0.3) is 10.1 Å². The van der Waals surface area contributed by atoms with E-state index in [1.54, 1.807) is 11.3 Å². The van der Waals surface area contributed by atoms with E-state index in [2.05, 4.69) is 34.7 Å². The van der Waals surface area contributed by atoms with Gasteiger partial charge in [-0.3, -0.25) is 0 Å². The normalized spacial score (nSPS) is 23.6. The molecule has 1 fully saturated rings. The maximum atomic E-state index is 4.47. The third-order valence-corrected chi connectivity index (χ3v) is 5.24. The molecular formula is C16H22N2S. The number of aromatic nitrogens is 1. The molecule has 1 aliphatic rings. The summed E-state index contributed by atoms with van der Waals surface area (Å²) in [6, 6.07) is 4.26. The summed E-state index contributed by atoms with van der Waals surface area (Å²) in [4.78, 5) is 4.47. The quantitative estimate of drug-likeness (QED) is 0.855. The summed E-state index contributed by atoms with van der Waals surface area (Å²) in [5.74, 6) is 2.93. The van der Waals surface area contributed by atoms with Gasteiger partial charge in [0.25, 0.3) is 0 Å². The Morgan fingerprint density at radius 2 is 2.11 bits per heavy atom. The molecular weight excluding hydrogens is 252 g/mol. The average molecular weight is 274 g/mol. The third-order valence-electron chi connectivity index (χ3n) is 4.36. The smallest absolute Gasteiger partial charge is 0.134 e. The monoisotopic (exact) mass is 274 g/mol. The predicted molar refractivity (Wildman–Crippen MR) is 83.8 cm³/mol. The van der Waals surface area contributed by atoms with Gasteiger partial charge >= 0.3 is 0 Å². The fraction of sp³-hybridized carbons (Fsp3) is 0.562. The van der Waals surface area contributed by atoms with Crippen LogP contribution in [0.1, 0.15) is 39.0 Å². The Morgan fingerprint density at radius 3 is 2.95 bits per heavy atom. The number of nitrogens with zero attached hydrogens (tertiary/aromatic N) is 1. The zero-order valence-corrected chi connectivity index (χ0v) is 12.4. The molecule has 0 spiro atoms. The molecule has 0 aromatic carbocycles. The Balaban J connectivity index is 1.53. The molecule has 2 heterocycles. The van der Waals surface area contributed by atoms with Gasteiger partial charge in [-0.2, -0.15) is 0 Å². The van der Waals surface area contributed by atoms with Crippen molar-refractivity contribution < 1.29 is 0 Å². The van der Waals surface area contributed by atoms with Crippen molar-refractivity contribution in [2.24, 2.45) is 11.8 Å². The molecule has 0 bridgehead atoms. The Labute approximate surface area is 119 Å². The minimum Gasteiger partial charge on any atom is -0.370 e. The minimum absolute atomic E-state index is 0.922. The number of nitrogens with one attached hydrogen (secondary N) is 1. The minimum atomic E-state index is 0.922. The van der Waals surface area contributed by atoms with Gasteiger partial charge in [-0.05, 0) is 35.8 Å². The van der Waals surface area contributed by atoms with E-state index in [1.807, 2.05) is 6.20 Å². The first kappa shape index (κ1) is 12.9. The Kier molecular flexibility index (Phi) is 4.02. The highest BCUT2D eigenvalue weighted by Crippen LogP contribution is 2.30. The Morgan fingerprint density at radius 1 is 1.26 bits per heavy atom. The number of pyridine rings is 1. The molecule has 3 rings (SSSR count). The van der Waals surface area contributed by atoms with Crippen LogP contribution in [0.2, 0.25) is 0 Å². The first-order valence-electron chi connectivity index (χ1n) is 7.39. The number of hydrogen-bond donors (Lipinski definition) is 1. The van der Waals surface area contributed by atoms with Gasteiger partial charge in [-0.15, -0.1) is 11.3 Å². The van der Waals surface area contributed by atoms with E-state index in [9.17, 15) is 0 Å². The van der Waals surface area contributed by atoms with Crippen molar-refractivity contribution in [2.75, 3.05) is 11.9 Å². The van der Waals surface area contributed by atoms with Crippen molar-refractivity contribution in [3.05, 3.63) is 23.7 Å². The Hall–Kier alpha value is -1.09. The van der Waals surface area contributed by atoms with Crippen molar-refractivity contribution in [3.8, 4) is 0 Å². The molecule has 0 aliphatic heterocycles. The van der Waals surface area contributed by atoms with Crippen LogP contribution in [-0.4, -0.2) is 11.5 Å². The molecule has 3 heteroatoms. The van der Waals surface area contributed by atoms with Crippen LogP contribution in [0.4, 0.5) is 5.82 Å². The average Bonchev–Trinajstić information content (AvgIpc) is 2.90. The van der Waals surface area contributed by atoms with E-state index in [0.29, 0.717) is 0 Å². The van der Waals surface area contributed by atoms with Crippen LogP contribution in [0.3, 0.4) is 0 Å². The summed E-state index contributed by atoms with van der Waals surface area (Å²) in [6.45, 7) is 3.44. The number of anilines is 1. The highest BCUT2D eigenvalue weighted by molar-refractivity contribution is 7.17. The summed E-state index contributed by atoms with van der Waals surface area (Å²) in [6.07, 6.45) is 8.86. The van der Waals surface area contributed by atoms with Crippen molar-refractivity contribution in [1.82, 2.24) is 4.98 Å². The van der Waals surface area contributed by atoms with Crippen molar-refractivity contribution in [3.63, 3.8) is 0 Å². The zero-order chi connectivity index (χ0) is 13.1. The maximum absolute atomic E-state index is 4.47. The van der Waals surface area contributed by atoms with Gasteiger partial charge in [0.15, 0.2) is 0 Å². The second-order valence-electron chi connectivity index (χ2n) is 5.83. The van der Waals surface area contributed by atoms with Gasteiger partial charge < -0.3 is 5.32 Å². The molecule has 2 aromatic rings. The van der Waals surface area contributed by atoms with Crippen molar-refractivity contribution in [2.45, 2.75) is 39.0 Å². The number of hydrogen-bond acceptors (Lipinski definition) is 3. The lowest BCUT2D eigenvalue weighted by molar-refractivity contribution is 0.282. The maximum Gasteiger partial charge on any atom is 0.134 e. The van der Waals surface area contributed by atoms with Gasteiger partial charge in [-0.25, -0.2) is 4.98 Å². The second kappa shape index (κ2) is 5.91. The van der Waals surface area contributed by atoms with Crippen molar-refractivity contribution >= 4 is 27.2 Å². The number of fused-ring (bicyclic) bond motifs is 1. The standard InChI is InChI=1S/C16H22N2S/c1-12-2-4-13(5-3-12)6-9-17-16-14-8-11-19-15(14)7-10-18-16/h7-8,10-13H,2-6,9H2,1H3,(H,17,18). The second-order valence-corrected chi connectivity index (χ2v) is 6.78. The van der Waals surface area contributed by atoms with E-state index < -0.39 is 0 Å². The zero-order valence-electron chi connectivity index (χ0n) is 11.6. The first-order chi connectivity index (χ1) is 9.33. The van der Waals surface area contributed by atoms with E-state index in [4.69, 9.17) is 0 Å². The lowest BCUT2D eigenvalue weighted by Crippen LogP contribution is -2.16. The summed E-state index contributed by atoms with van der Waals surface area (Å²) in [5.41, 5.74) is 0. The largest absolute Gasteiger partial charge is 0.370 e. The van der Waals surface area contributed by atoms with Crippen LogP contribution in [0, 0.1) is 11.8 Å². The van der Waals surface area contributed by atoms with Crippen LogP contribution < -0.4 is 5.32 Å². The molecule has 0 amide bonds. The molecule has 1 aliphatic carbocycles. The molecule has 0 saturated heterocycles. The fourth-order valence-electron chi connectivity index (χ4n) is 3.05. The van der Waals surface area contributed by atoms with E-state index >= 15 is 0 Å². The van der Waals surface area contributed by atoms with Gasteiger partial charge in [0, 0.05) is 22.8 Å². The lowest BCUT2D eigenvalue weighted by atomic mass is 9.81. The summed E-state index contributed by atoms with van der Waals surface area (Å²) in [5, 5.41) is 6.94. The molecule has 0 unspecified atom stereocenters. The predicted octanol–water partition coefficient (Wildman–Crippen LogP) is 4.92. The van der Waals surface area contributed by atoms with Gasteiger partial charge in [-0.1, -0.05) is 32.6 Å². The van der Waals surface area contributed by atoms with E-state index in [1.165, 1.54) is 42.2 Å². The lowest BCUT2D eigenvalue weighted by Gasteiger charge is -2.26. The van der Waals surface area contributed by atoms with Crippen LogP contribution in [0.15, 0.2) is 23.7 Å². The topological polar surface area (TPSA) is 24.9 Å². The SMILES string of the molecule is CC1CCC(CCNc2nccc3sccc23)CC1. The molecule has 0 atom stereocenters. The molecule has 19 heavy (non-hydrogen) atoms. The molecule has 102 valence electrons. The highest BCUT2D eigenvalue weighted by Gasteiger charge is 2.17. The number of rotatable bonds is 4.